The number of ether oxygens (including phenoxy) is 3. The number of ketones is 1. The van der Waals surface area contributed by atoms with E-state index in [-0.39, 0.29) is 120 Å². The summed E-state index contributed by atoms with van der Waals surface area (Å²) in [5, 5.41) is 44.0. The van der Waals surface area contributed by atoms with Crippen molar-refractivity contribution >= 4 is 64.9 Å². The topological polar surface area (TPSA) is 378 Å². The van der Waals surface area contributed by atoms with Crippen LogP contribution in [0, 0.1) is 58.0 Å². The number of amides is 4. The Hall–Kier alpha value is -10.3. The Kier molecular flexibility index (Phi) is 40.7. The summed E-state index contributed by atoms with van der Waals surface area (Å²) in [5.74, 6) is 0.491. The van der Waals surface area contributed by atoms with Gasteiger partial charge in [-0.2, -0.15) is 28.8 Å². The van der Waals surface area contributed by atoms with Gasteiger partial charge in [0.05, 0.1) is 14.8 Å². The highest BCUT2D eigenvalue weighted by Gasteiger charge is 2.41. The number of phenols is 1. The first-order chi connectivity index (χ1) is 53.8. The number of Topliss-reactive ketones (excluding diaryl/α,β-unsaturated/α-hetero) is 1. The number of carbonyl (C=O) groups is 5. The van der Waals surface area contributed by atoms with Crippen LogP contribution in [0.1, 0.15) is 307 Å². The molecule has 1 heterocycles. The van der Waals surface area contributed by atoms with Crippen molar-refractivity contribution in [1.29, 1.82) is 0 Å². The molecule has 0 spiro atoms. The summed E-state index contributed by atoms with van der Waals surface area (Å²) >= 11 is 0. The molecule has 1 aliphatic heterocycles. The first-order valence-corrected chi connectivity index (χ1v) is 40.0. The van der Waals surface area contributed by atoms with Crippen LogP contribution in [0.25, 0.3) is 0 Å². The van der Waals surface area contributed by atoms with E-state index in [0.29, 0.717) is 57.8 Å². The summed E-state index contributed by atoms with van der Waals surface area (Å²) in [7, 11) is 0. The molecule has 0 radical (unpaired) electrons. The number of hydrogen-bond acceptors (Lipinski definition) is 21. The maximum atomic E-state index is 13.5. The Morgan fingerprint density at radius 3 is 1.11 bits per heavy atom. The van der Waals surface area contributed by atoms with Crippen LogP contribution in [-0.2, 0) is 40.0 Å². The van der Waals surface area contributed by atoms with Gasteiger partial charge in [-0.05, 0) is 220 Å². The molecule has 4 amide bonds. The number of phenolic OH excluding ortho intramolecular Hbond substituents is 1. The third-order valence-corrected chi connectivity index (χ3v) is 22.0. The highest BCUT2D eigenvalue weighted by Crippen LogP contribution is 2.41. The van der Waals surface area contributed by atoms with Crippen molar-refractivity contribution in [3.63, 3.8) is 0 Å². The molecule has 4 saturated carbocycles. The van der Waals surface area contributed by atoms with Gasteiger partial charge >= 0.3 is 35.5 Å². The number of aryl methyl sites for hydroxylation is 4. The number of rotatable bonds is 23. The molecule has 0 saturated heterocycles. The van der Waals surface area contributed by atoms with Gasteiger partial charge in [0.2, 0.25) is 0 Å². The van der Waals surface area contributed by atoms with Gasteiger partial charge < -0.3 is 38.9 Å². The van der Waals surface area contributed by atoms with Gasteiger partial charge in [-0.15, -0.1) is 0 Å². The molecule has 0 aromatic heterocycles. The number of carbonyl (C=O) groups excluding carboxylic acids is 11. The minimum Gasteiger partial charge on any atom is -0.502 e. The van der Waals surface area contributed by atoms with Crippen LogP contribution in [0.2, 0.25) is 0 Å². The Morgan fingerprint density at radius 2 is 0.807 bits per heavy atom. The van der Waals surface area contributed by atoms with Crippen LogP contribution in [0.3, 0.4) is 0 Å². The normalized spacial score (nSPS) is 16.2. The Balaban J connectivity index is 0.000000380. The number of benzene rings is 4. The van der Waals surface area contributed by atoms with Crippen molar-refractivity contribution in [2.24, 2.45) is 0 Å². The molecule has 4 aromatic carbocycles. The molecule has 5 aliphatic rings. The quantitative estimate of drug-likeness (QED) is 0.0409. The lowest BCUT2D eigenvalue weighted by Gasteiger charge is -2.38. The minimum absolute atomic E-state index is 0.0258. The fourth-order valence-electron chi connectivity index (χ4n) is 15.5. The van der Waals surface area contributed by atoms with Gasteiger partial charge in [-0.25, -0.2) is 0 Å². The third kappa shape index (κ3) is 27.2. The maximum absolute atomic E-state index is 13.5. The molecule has 28 heteroatoms. The lowest BCUT2D eigenvalue weighted by atomic mass is 9.87. The molecule has 1 unspecified atom stereocenters. The standard InChI is InChI=1S/C23H36N2O4.C23H33NO3.C20H28N2O4.C17H24N2O4.3CO2/c1-7-23(6,8-2)29-21-14-17(5)19(15-20(21)25(27)28)22(26)24(16(3)4)18-12-10-9-11-13-18;1-6-23(5)21(25)14-17-13-19(16(4)12-20(17)27-23)22(26)24(15(2)3)18-10-8-7-9-11-18;1-5-11-26-19-12-15(4)17(13-18(19)22(24)25)20(23)21(14(2)3)16-9-7-6-8-10-16;1-11(2)18(13-7-5-4-6-8-13)17(21)14-10-15(19(22)23)16(20)9-12(14)3;3*2-1-3/h14-16,18H,7-13H2,1-6H3;12-13,15,18H,6-11,14H2,1-5H3;5,12-14,16H,1,6-11H2,2-4H3;9-11,13,20H,4-8H2,1-3H3;;;. The van der Waals surface area contributed by atoms with Crippen molar-refractivity contribution in [2.75, 3.05) is 6.61 Å². The zero-order chi connectivity index (χ0) is 86.1. The van der Waals surface area contributed by atoms with Gasteiger partial charge in [0.1, 0.15) is 18.0 Å². The monoisotopic (exact) mass is 1590 g/mol. The molecular formula is C86H121N7O21. The van der Waals surface area contributed by atoms with E-state index in [2.05, 4.69) is 25.3 Å². The average Bonchev–Trinajstić information content (AvgIpc) is 0.776. The molecular weight excluding hydrogens is 1470 g/mol. The van der Waals surface area contributed by atoms with Gasteiger partial charge in [0, 0.05) is 101 Å². The lowest BCUT2D eigenvalue weighted by molar-refractivity contribution is -0.386. The third-order valence-electron chi connectivity index (χ3n) is 22.0. The fraction of sp³-hybridized carbons (Fsp3) is 0.605. The van der Waals surface area contributed by atoms with Crippen LogP contribution in [-0.4, -0.2) is 153 Å². The minimum atomic E-state index is -0.753. The van der Waals surface area contributed by atoms with E-state index in [4.69, 9.17) is 43.0 Å². The number of fused-ring (bicyclic) bond motifs is 1. The Morgan fingerprint density at radius 1 is 0.518 bits per heavy atom. The predicted molar refractivity (Wildman–Crippen MR) is 427 cm³/mol. The van der Waals surface area contributed by atoms with Crippen molar-refractivity contribution in [1.82, 2.24) is 19.6 Å². The first-order valence-electron chi connectivity index (χ1n) is 40.0. The second kappa shape index (κ2) is 47.4. The molecule has 4 aromatic rings. The fourth-order valence-corrected chi connectivity index (χ4v) is 15.5. The summed E-state index contributed by atoms with van der Waals surface area (Å²) in [4.78, 5) is 155. The summed E-state index contributed by atoms with van der Waals surface area (Å²) in [6, 6.07) is 13.5. The van der Waals surface area contributed by atoms with Crippen molar-refractivity contribution in [2.45, 2.75) is 331 Å². The molecule has 4 fully saturated rings. The highest BCUT2D eigenvalue weighted by atomic mass is 16.6. The van der Waals surface area contributed by atoms with Gasteiger partial charge in [0.25, 0.3) is 23.6 Å². The molecule has 626 valence electrons. The number of hydrogen-bond donors (Lipinski definition) is 1. The van der Waals surface area contributed by atoms with E-state index >= 15 is 0 Å². The first kappa shape index (κ1) is 97.9. The number of nitro groups is 3. The molecule has 28 nitrogen and oxygen atoms in total. The molecule has 9 rings (SSSR count). The van der Waals surface area contributed by atoms with E-state index in [9.17, 15) is 59.4 Å². The van der Waals surface area contributed by atoms with Crippen LogP contribution in [0.5, 0.6) is 23.0 Å². The lowest BCUT2D eigenvalue weighted by Crippen LogP contribution is -2.46. The summed E-state index contributed by atoms with van der Waals surface area (Å²) in [6.45, 7) is 37.0. The second-order valence-electron chi connectivity index (χ2n) is 31.3. The van der Waals surface area contributed by atoms with Gasteiger partial charge in [-0.3, -0.25) is 54.3 Å². The zero-order valence-electron chi connectivity index (χ0n) is 69.9. The molecule has 114 heavy (non-hydrogen) atoms. The summed E-state index contributed by atoms with van der Waals surface area (Å²) in [6.07, 6.45) is 26.8. The molecule has 0 bridgehead atoms. The molecule has 1 N–H and O–H groups in total. The summed E-state index contributed by atoms with van der Waals surface area (Å²) in [5.41, 5.74) is 3.52. The maximum Gasteiger partial charge on any atom is 0.373 e. The molecule has 4 aliphatic carbocycles. The van der Waals surface area contributed by atoms with E-state index in [0.717, 1.165) is 120 Å². The smallest absolute Gasteiger partial charge is 0.373 e. The largest absolute Gasteiger partial charge is 0.502 e. The zero-order valence-corrected chi connectivity index (χ0v) is 69.9. The van der Waals surface area contributed by atoms with Crippen molar-refractivity contribution < 1.29 is 86.8 Å². The van der Waals surface area contributed by atoms with Crippen LogP contribution < -0.4 is 14.2 Å². The van der Waals surface area contributed by atoms with E-state index in [1.54, 1.807) is 26.0 Å². The van der Waals surface area contributed by atoms with Crippen molar-refractivity contribution in [3.8, 4) is 23.0 Å². The average molecular weight is 1590 g/mol. The Bertz CT molecular complexity index is 4000. The second-order valence-corrected chi connectivity index (χ2v) is 31.3. The number of nitrogens with zero attached hydrogens (tertiary/aromatic N) is 7. The van der Waals surface area contributed by atoms with Crippen LogP contribution in [0.15, 0.2) is 61.2 Å². The van der Waals surface area contributed by atoms with E-state index in [1.165, 1.54) is 68.9 Å². The summed E-state index contributed by atoms with van der Waals surface area (Å²) < 4.78 is 17.5. The SMILES string of the molecule is C=CCOc1cc(C)c(C(=O)N(C(C)C)C2CCCCC2)cc1[N+](=O)[O-].CCC(C)(CC)Oc1cc(C)c(C(=O)N(C(C)C)C2CCCCC2)cc1[N+](=O)[O-].CCC1(C)Oc2cc(C)c(C(=O)N(C(C)C)C3CCCCC3)cc2CC1=O.Cc1cc(O)c([N+](=O)[O-])cc1C(=O)N(C(C)C)C1CCCCC1.O=C=O.O=C=O.O=C=O. The highest BCUT2D eigenvalue weighted by molar-refractivity contribution is 6.00. The van der Waals surface area contributed by atoms with Gasteiger partial charge in [-0.1, -0.05) is 110 Å². The van der Waals surface area contributed by atoms with E-state index < -0.39 is 37.4 Å². The van der Waals surface area contributed by atoms with Crippen molar-refractivity contribution in [3.05, 3.63) is 142 Å². The predicted octanol–water partition coefficient (Wildman–Crippen LogP) is 17.6. The number of aromatic hydroxyl groups is 1. The number of nitro benzene ring substituents is 3. The van der Waals surface area contributed by atoms with E-state index in [1.807, 2.05) is 117 Å². The Labute approximate surface area is 670 Å². The molecule has 1 atom stereocenters. The van der Waals surface area contributed by atoms with Gasteiger partial charge in [0.15, 0.2) is 28.6 Å². The van der Waals surface area contributed by atoms with Crippen LogP contribution >= 0.6 is 0 Å². The van der Waals surface area contributed by atoms with Crippen LogP contribution in [0.4, 0.5) is 17.1 Å².